The fraction of sp³-hybridized carbons (Fsp3) is 0.200. The predicted octanol–water partition coefficient (Wildman–Crippen LogP) is 6.02. The molecule has 0 aliphatic carbocycles. The fourth-order valence-electron chi connectivity index (χ4n) is 4.10. The van der Waals surface area contributed by atoms with E-state index >= 15 is 0 Å². The zero-order valence-electron chi connectivity index (χ0n) is 17.7. The minimum Gasteiger partial charge on any atom is -0.490 e. The molecule has 0 atom stereocenters. The third kappa shape index (κ3) is 4.71. The normalized spacial score (nSPS) is 14.3. The number of nitriles is 1. The van der Waals surface area contributed by atoms with Crippen LogP contribution in [0.15, 0.2) is 60.8 Å². The van der Waals surface area contributed by atoms with Gasteiger partial charge in [0.25, 0.3) is 0 Å². The molecule has 5 rings (SSSR count). The Balaban J connectivity index is 1.30. The van der Waals surface area contributed by atoms with Crippen LogP contribution in [-0.2, 0) is 0 Å². The highest BCUT2D eigenvalue weighted by Crippen LogP contribution is 2.30. The van der Waals surface area contributed by atoms with Gasteiger partial charge in [-0.25, -0.2) is 9.37 Å². The molecule has 4 aromatic rings. The summed E-state index contributed by atoms with van der Waals surface area (Å²) in [5.41, 5.74) is 2.97. The number of aromatic amines is 1. The molecular weight excluding hydrogens is 441 g/mol. The number of fused-ring (bicyclic) bond motifs is 1. The minimum absolute atomic E-state index is 0.0660. The lowest BCUT2D eigenvalue weighted by Crippen LogP contribution is -2.38. The zero-order chi connectivity index (χ0) is 22.8. The second kappa shape index (κ2) is 9.00. The third-order valence-electron chi connectivity index (χ3n) is 5.74. The molecule has 0 amide bonds. The largest absolute Gasteiger partial charge is 0.490 e. The van der Waals surface area contributed by atoms with E-state index < -0.39 is 0 Å². The van der Waals surface area contributed by atoms with Crippen LogP contribution < -0.4 is 15.0 Å². The summed E-state index contributed by atoms with van der Waals surface area (Å²) in [7, 11) is 0. The first-order valence-electron chi connectivity index (χ1n) is 10.7. The number of anilines is 3. The van der Waals surface area contributed by atoms with Crippen molar-refractivity contribution in [2.45, 2.75) is 18.9 Å². The van der Waals surface area contributed by atoms with Crippen molar-refractivity contribution in [2.24, 2.45) is 0 Å². The van der Waals surface area contributed by atoms with Crippen molar-refractivity contribution in [3.05, 3.63) is 77.3 Å². The van der Waals surface area contributed by atoms with E-state index in [1.54, 1.807) is 18.2 Å². The van der Waals surface area contributed by atoms with Gasteiger partial charge in [0.15, 0.2) is 0 Å². The lowest BCUT2D eigenvalue weighted by Gasteiger charge is -2.34. The topological polar surface area (TPSA) is 77.0 Å². The second-order valence-electron chi connectivity index (χ2n) is 7.99. The van der Waals surface area contributed by atoms with E-state index in [-0.39, 0.29) is 11.9 Å². The van der Waals surface area contributed by atoms with Crippen LogP contribution in [0.5, 0.6) is 5.75 Å². The Bertz CT molecular complexity index is 1320. The molecule has 0 bridgehead atoms. The molecule has 1 aliphatic heterocycles. The molecule has 2 aromatic carbocycles. The van der Waals surface area contributed by atoms with Gasteiger partial charge in [-0.2, -0.15) is 5.26 Å². The standard InChI is InChI=1S/C25H21ClFN5O/c26-23-12-17(13-24-22(23)5-8-29-24)30-25-14-19(11-18(15-28)31-25)32-9-6-21(7-10-32)33-20-3-1-16(27)2-4-20/h1-5,8,11-14,21,29H,6-7,9-10H2,(H,30,31). The number of ether oxygens (including phenoxy) is 1. The molecule has 6 nitrogen and oxygen atoms in total. The van der Waals surface area contributed by atoms with Gasteiger partial charge >= 0.3 is 0 Å². The predicted molar refractivity (Wildman–Crippen MR) is 128 cm³/mol. The van der Waals surface area contributed by atoms with Crippen molar-refractivity contribution in [1.82, 2.24) is 9.97 Å². The van der Waals surface area contributed by atoms with Gasteiger partial charge in [0.05, 0.1) is 5.02 Å². The molecule has 8 heteroatoms. The van der Waals surface area contributed by atoms with E-state index in [1.807, 2.05) is 30.5 Å². The van der Waals surface area contributed by atoms with Crippen LogP contribution in [0.25, 0.3) is 10.9 Å². The fourth-order valence-corrected chi connectivity index (χ4v) is 4.38. The number of benzene rings is 2. The van der Waals surface area contributed by atoms with Crippen LogP contribution in [0, 0.1) is 17.1 Å². The Hall–Kier alpha value is -3.76. The molecule has 1 aliphatic rings. The summed E-state index contributed by atoms with van der Waals surface area (Å²) in [4.78, 5) is 9.79. The van der Waals surface area contributed by atoms with Crippen LogP contribution in [0.3, 0.4) is 0 Å². The minimum atomic E-state index is -0.275. The van der Waals surface area contributed by atoms with E-state index in [0.717, 1.165) is 48.2 Å². The van der Waals surface area contributed by atoms with Gasteiger partial charge in [-0.15, -0.1) is 0 Å². The van der Waals surface area contributed by atoms with Gasteiger partial charge in [0.1, 0.15) is 35.3 Å². The summed E-state index contributed by atoms with van der Waals surface area (Å²) in [5.74, 6) is 0.980. The Labute approximate surface area is 195 Å². The average Bonchev–Trinajstić information content (AvgIpc) is 3.30. The number of nitrogens with one attached hydrogen (secondary N) is 2. The molecule has 1 saturated heterocycles. The molecular formula is C25H21ClFN5O. The number of piperidine rings is 1. The van der Waals surface area contributed by atoms with Crippen LogP contribution >= 0.6 is 11.6 Å². The Kier molecular flexibility index (Phi) is 5.76. The zero-order valence-corrected chi connectivity index (χ0v) is 18.4. The monoisotopic (exact) mass is 461 g/mol. The van der Waals surface area contributed by atoms with Gasteiger partial charge in [0.2, 0.25) is 0 Å². The van der Waals surface area contributed by atoms with Crippen LogP contribution in [0.1, 0.15) is 18.5 Å². The summed E-state index contributed by atoms with van der Waals surface area (Å²) in [6.45, 7) is 1.56. The highest BCUT2D eigenvalue weighted by Gasteiger charge is 2.22. The average molecular weight is 462 g/mol. The molecule has 0 radical (unpaired) electrons. The van der Waals surface area contributed by atoms with Crippen molar-refractivity contribution >= 4 is 39.7 Å². The number of hydrogen-bond acceptors (Lipinski definition) is 5. The van der Waals surface area contributed by atoms with Crippen LogP contribution in [-0.4, -0.2) is 29.2 Å². The number of aromatic nitrogens is 2. The number of rotatable bonds is 5. The third-order valence-corrected chi connectivity index (χ3v) is 6.05. The first-order chi connectivity index (χ1) is 16.1. The van der Waals surface area contributed by atoms with Gasteiger partial charge in [-0.1, -0.05) is 11.6 Å². The summed E-state index contributed by atoms with van der Waals surface area (Å²) < 4.78 is 19.1. The summed E-state index contributed by atoms with van der Waals surface area (Å²) >= 11 is 6.39. The van der Waals surface area contributed by atoms with E-state index in [4.69, 9.17) is 16.3 Å². The van der Waals surface area contributed by atoms with Crippen LogP contribution in [0.2, 0.25) is 5.02 Å². The van der Waals surface area contributed by atoms with E-state index in [9.17, 15) is 9.65 Å². The quantitative estimate of drug-likeness (QED) is 0.380. The molecule has 1 fully saturated rings. The van der Waals surface area contributed by atoms with Crippen molar-refractivity contribution in [2.75, 3.05) is 23.3 Å². The van der Waals surface area contributed by atoms with Crippen molar-refractivity contribution in [3.63, 3.8) is 0 Å². The molecule has 0 saturated carbocycles. The molecule has 0 unspecified atom stereocenters. The van der Waals surface area contributed by atoms with E-state index in [0.29, 0.717) is 22.3 Å². The van der Waals surface area contributed by atoms with Gasteiger partial charge in [-0.3, -0.25) is 0 Å². The van der Waals surface area contributed by atoms with E-state index in [1.165, 1.54) is 12.1 Å². The number of pyridine rings is 1. The SMILES string of the molecule is N#Cc1cc(N2CCC(Oc3ccc(F)cc3)CC2)cc(Nc2cc(Cl)c3cc[nH]c3c2)n1. The summed E-state index contributed by atoms with van der Waals surface area (Å²) in [6.07, 6.45) is 3.56. The highest BCUT2D eigenvalue weighted by molar-refractivity contribution is 6.35. The Morgan fingerprint density at radius 1 is 1.12 bits per heavy atom. The number of hydrogen-bond donors (Lipinski definition) is 2. The first kappa shape index (κ1) is 21.1. The lowest BCUT2D eigenvalue weighted by molar-refractivity contribution is 0.171. The molecule has 0 spiro atoms. The summed E-state index contributed by atoms with van der Waals surface area (Å²) in [6, 6.07) is 17.7. The molecule has 33 heavy (non-hydrogen) atoms. The Morgan fingerprint density at radius 3 is 2.67 bits per heavy atom. The van der Waals surface area contributed by atoms with Gasteiger partial charge < -0.3 is 19.9 Å². The molecule has 2 N–H and O–H groups in total. The van der Waals surface area contributed by atoms with Crippen LogP contribution in [0.4, 0.5) is 21.6 Å². The van der Waals surface area contributed by atoms with Crippen molar-refractivity contribution in [1.29, 1.82) is 5.26 Å². The Morgan fingerprint density at radius 2 is 1.91 bits per heavy atom. The number of nitrogens with zero attached hydrogens (tertiary/aromatic N) is 3. The maximum atomic E-state index is 13.1. The molecule has 2 aromatic heterocycles. The van der Waals surface area contributed by atoms with Crippen molar-refractivity contribution in [3.8, 4) is 11.8 Å². The number of halogens is 2. The highest BCUT2D eigenvalue weighted by atomic mass is 35.5. The van der Waals surface area contributed by atoms with Gasteiger partial charge in [0, 0.05) is 60.5 Å². The van der Waals surface area contributed by atoms with Crippen molar-refractivity contribution < 1.29 is 9.13 Å². The van der Waals surface area contributed by atoms with E-state index in [2.05, 4.69) is 26.3 Å². The maximum Gasteiger partial charge on any atom is 0.144 e. The molecule has 166 valence electrons. The smallest absolute Gasteiger partial charge is 0.144 e. The number of H-pyrrole nitrogens is 1. The first-order valence-corrected chi connectivity index (χ1v) is 11.1. The van der Waals surface area contributed by atoms with Gasteiger partial charge in [-0.05, 0) is 48.5 Å². The molecule has 3 heterocycles. The summed E-state index contributed by atoms with van der Waals surface area (Å²) in [5, 5.41) is 14.4. The lowest BCUT2D eigenvalue weighted by atomic mass is 10.1. The maximum absolute atomic E-state index is 13.1. The second-order valence-corrected chi connectivity index (χ2v) is 8.39.